The van der Waals surface area contributed by atoms with Crippen molar-refractivity contribution in [3.63, 3.8) is 0 Å². The first-order valence-corrected chi connectivity index (χ1v) is 5.28. The van der Waals surface area contributed by atoms with Gasteiger partial charge < -0.3 is 20.3 Å². The van der Waals surface area contributed by atoms with Crippen molar-refractivity contribution in [1.29, 1.82) is 0 Å². The average molecular weight is 231 g/mol. The average Bonchev–Trinajstić information content (AvgIpc) is 2.59. The first-order valence-electron chi connectivity index (χ1n) is 5.28. The SMILES string of the molecule is CC1CCC(C(=O)N[C@H](C(=O)O)[C@@H](C)O)O1. The van der Waals surface area contributed by atoms with Crippen molar-refractivity contribution in [1.82, 2.24) is 5.32 Å². The maximum Gasteiger partial charge on any atom is 0.328 e. The maximum absolute atomic E-state index is 11.6. The Morgan fingerprint density at radius 2 is 2.06 bits per heavy atom. The van der Waals surface area contributed by atoms with Gasteiger partial charge in [0.1, 0.15) is 6.10 Å². The minimum absolute atomic E-state index is 0.0191. The molecule has 1 amide bonds. The highest BCUT2D eigenvalue weighted by molar-refractivity contribution is 5.86. The molecule has 4 atom stereocenters. The van der Waals surface area contributed by atoms with Gasteiger partial charge in [0, 0.05) is 0 Å². The number of ether oxygens (including phenoxy) is 1. The van der Waals surface area contributed by atoms with Gasteiger partial charge in [-0.3, -0.25) is 4.79 Å². The molecule has 92 valence electrons. The number of hydrogen-bond acceptors (Lipinski definition) is 4. The lowest BCUT2D eigenvalue weighted by molar-refractivity contribution is -0.147. The van der Waals surface area contributed by atoms with Crippen LogP contribution in [0.1, 0.15) is 26.7 Å². The van der Waals surface area contributed by atoms with Crippen LogP contribution in [-0.4, -0.2) is 46.4 Å². The molecule has 16 heavy (non-hydrogen) atoms. The first-order chi connectivity index (χ1) is 7.41. The minimum Gasteiger partial charge on any atom is -0.480 e. The van der Waals surface area contributed by atoms with E-state index in [4.69, 9.17) is 9.84 Å². The zero-order valence-electron chi connectivity index (χ0n) is 9.34. The minimum atomic E-state index is -1.29. The lowest BCUT2D eigenvalue weighted by Gasteiger charge is -2.19. The van der Waals surface area contributed by atoms with Crippen LogP contribution < -0.4 is 5.32 Å². The lowest BCUT2D eigenvalue weighted by atomic mass is 10.1. The summed E-state index contributed by atoms with van der Waals surface area (Å²) in [6.07, 6.45) is -0.356. The third kappa shape index (κ3) is 3.18. The predicted molar refractivity (Wildman–Crippen MR) is 54.8 cm³/mol. The highest BCUT2D eigenvalue weighted by atomic mass is 16.5. The fraction of sp³-hybridized carbons (Fsp3) is 0.800. The summed E-state index contributed by atoms with van der Waals surface area (Å²) >= 11 is 0. The zero-order valence-corrected chi connectivity index (χ0v) is 9.34. The van der Waals surface area contributed by atoms with E-state index in [0.717, 1.165) is 6.42 Å². The molecule has 6 heteroatoms. The van der Waals surface area contributed by atoms with Gasteiger partial charge in [0.25, 0.3) is 0 Å². The Hall–Kier alpha value is -1.14. The van der Waals surface area contributed by atoms with Crippen molar-refractivity contribution in [3.8, 4) is 0 Å². The van der Waals surface area contributed by atoms with Crippen LogP contribution in [-0.2, 0) is 14.3 Å². The molecule has 2 unspecified atom stereocenters. The third-order valence-electron chi connectivity index (χ3n) is 2.57. The zero-order chi connectivity index (χ0) is 12.3. The molecular formula is C10H17NO5. The number of carbonyl (C=O) groups is 2. The summed E-state index contributed by atoms with van der Waals surface area (Å²) in [4.78, 5) is 22.3. The van der Waals surface area contributed by atoms with Gasteiger partial charge in [-0.15, -0.1) is 0 Å². The molecule has 1 saturated heterocycles. The van der Waals surface area contributed by atoms with E-state index in [0.29, 0.717) is 6.42 Å². The molecule has 1 heterocycles. The molecule has 0 spiro atoms. The summed E-state index contributed by atoms with van der Waals surface area (Å²) in [5, 5.41) is 20.2. The van der Waals surface area contributed by atoms with Gasteiger partial charge in [0.15, 0.2) is 6.04 Å². The number of aliphatic hydroxyl groups is 1. The van der Waals surface area contributed by atoms with Gasteiger partial charge in [-0.25, -0.2) is 4.79 Å². The highest BCUT2D eigenvalue weighted by Gasteiger charge is 2.32. The summed E-state index contributed by atoms with van der Waals surface area (Å²) in [5.41, 5.74) is 0. The molecule has 1 fully saturated rings. The van der Waals surface area contributed by atoms with E-state index >= 15 is 0 Å². The topological polar surface area (TPSA) is 95.9 Å². The van der Waals surface area contributed by atoms with Crippen LogP contribution in [0.3, 0.4) is 0 Å². The maximum atomic E-state index is 11.6. The monoisotopic (exact) mass is 231 g/mol. The quantitative estimate of drug-likeness (QED) is 0.606. The smallest absolute Gasteiger partial charge is 0.328 e. The normalized spacial score (nSPS) is 28.4. The van der Waals surface area contributed by atoms with E-state index in [-0.39, 0.29) is 6.10 Å². The van der Waals surface area contributed by atoms with Crippen molar-refractivity contribution in [2.45, 2.75) is 51.0 Å². The highest BCUT2D eigenvalue weighted by Crippen LogP contribution is 2.19. The van der Waals surface area contributed by atoms with Crippen LogP contribution in [0.4, 0.5) is 0 Å². The van der Waals surface area contributed by atoms with Crippen molar-refractivity contribution in [3.05, 3.63) is 0 Å². The fourth-order valence-electron chi connectivity index (χ4n) is 1.63. The Labute approximate surface area is 93.6 Å². The number of aliphatic carboxylic acids is 1. The van der Waals surface area contributed by atoms with Crippen LogP contribution in [0.5, 0.6) is 0 Å². The van der Waals surface area contributed by atoms with Crippen LogP contribution in [0.2, 0.25) is 0 Å². The van der Waals surface area contributed by atoms with E-state index in [1.54, 1.807) is 0 Å². The Bertz CT molecular complexity index is 278. The van der Waals surface area contributed by atoms with Crippen LogP contribution in [0.25, 0.3) is 0 Å². The number of carboxylic acids is 1. The standard InChI is InChI=1S/C10H17NO5/c1-5-3-4-7(16-5)9(13)11-8(6(2)12)10(14)15/h5-8,12H,3-4H2,1-2H3,(H,11,13)(H,14,15)/t5?,6-,7?,8+/m1/s1. The second-order valence-electron chi connectivity index (χ2n) is 4.08. The van der Waals surface area contributed by atoms with Gasteiger partial charge in [-0.05, 0) is 26.7 Å². The number of rotatable bonds is 4. The molecule has 3 N–H and O–H groups in total. The summed E-state index contributed by atoms with van der Waals surface area (Å²) in [5.74, 6) is -1.73. The molecule has 0 aliphatic carbocycles. The van der Waals surface area contributed by atoms with Gasteiger partial charge in [-0.2, -0.15) is 0 Å². The fourth-order valence-corrected chi connectivity index (χ4v) is 1.63. The van der Waals surface area contributed by atoms with E-state index in [1.807, 2.05) is 6.92 Å². The van der Waals surface area contributed by atoms with Crippen molar-refractivity contribution in [2.75, 3.05) is 0 Å². The third-order valence-corrected chi connectivity index (χ3v) is 2.57. The van der Waals surface area contributed by atoms with Crippen LogP contribution in [0, 0.1) is 0 Å². The Kier molecular flexibility index (Phi) is 4.26. The van der Waals surface area contributed by atoms with Gasteiger partial charge in [-0.1, -0.05) is 0 Å². The summed E-state index contributed by atoms with van der Waals surface area (Å²) < 4.78 is 5.30. The summed E-state index contributed by atoms with van der Waals surface area (Å²) in [6.45, 7) is 3.17. The van der Waals surface area contributed by atoms with E-state index in [2.05, 4.69) is 5.32 Å². The number of aliphatic hydroxyl groups excluding tert-OH is 1. The second kappa shape index (κ2) is 5.27. The van der Waals surface area contributed by atoms with E-state index < -0.39 is 30.1 Å². The number of carboxylic acid groups (broad SMARTS) is 1. The van der Waals surface area contributed by atoms with E-state index in [1.165, 1.54) is 6.92 Å². The molecule has 0 aromatic heterocycles. The summed E-state index contributed by atoms with van der Waals surface area (Å²) in [6, 6.07) is -1.29. The molecule has 1 rings (SSSR count). The van der Waals surface area contributed by atoms with Crippen molar-refractivity contribution in [2.24, 2.45) is 0 Å². The molecular weight excluding hydrogens is 214 g/mol. The first kappa shape index (κ1) is 12.9. The molecule has 0 radical (unpaired) electrons. The largest absolute Gasteiger partial charge is 0.480 e. The Balaban J connectivity index is 2.52. The number of amides is 1. The number of carbonyl (C=O) groups excluding carboxylic acids is 1. The van der Waals surface area contributed by atoms with Crippen LogP contribution in [0.15, 0.2) is 0 Å². The molecule has 6 nitrogen and oxygen atoms in total. The predicted octanol–water partition coefficient (Wildman–Crippen LogP) is -0.496. The molecule has 0 bridgehead atoms. The lowest BCUT2D eigenvalue weighted by Crippen LogP contribution is -2.50. The van der Waals surface area contributed by atoms with Crippen molar-refractivity contribution >= 4 is 11.9 Å². The Morgan fingerprint density at radius 1 is 1.44 bits per heavy atom. The van der Waals surface area contributed by atoms with Gasteiger partial charge in [0.05, 0.1) is 12.2 Å². The van der Waals surface area contributed by atoms with Gasteiger partial charge >= 0.3 is 5.97 Å². The number of hydrogen-bond donors (Lipinski definition) is 3. The molecule has 0 aromatic rings. The molecule has 0 saturated carbocycles. The second-order valence-corrected chi connectivity index (χ2v) is 4.08. The molecule has 1 aliphatic rings. The van der Waals surface area contributed by atoms with Crippen LogP contribution >= 0.6 is 0 Å². The van der Waals surface area contributed by atoms with Gasteiger partial charge in [0.2, 0.25) is 5.91 Å². The number of nitrogens with one attached hydrogen (secondary N) is 1. The molecule has 0 aromatic carbocycles. The van der Waals surface area contributed by atoms with E-state index in [9.17, 15) is 14.7 Å². The molecule has 1 aliphatic heterocycles. The van der Waals surface area contributed by atoms with Crippen molar-refractivity contribution < 1.29 is 24.5 Å². The Morgan fingerprint density at radius 3 is 2.44 bits per heavy atom. The summed E-state index contributed by atoms with van der Waals surface area (Å²) in [7, 11) is 0.